The maximum absolute atomic E-state index is 8.52. The van der Waals surface area contributed by atoms with Crippen LogP contribution >= 0.6 is 8.53 Å². The second-order valence-corrected chi connectivity index (χ2v) is 21.0. The van der Waals surface area contributed by atoms with Gasteiger partial charge in [0.05, 0.1) is 32.3 Å². The third-order valence-corrected chi connectivity index (χ3v) is 16.4. The Balaban J connectivity index is -0.000000862. The molecule has 7 nitrogen and oxygen atoms in total. The number of hydrogen-bond donors (Lipinski definition) is 0. The molecule has 388 valence electrons. The summed E-state index contributed by atoms with van der Waals surface area (Å²) in [5.74, 6) is 2.06. The fourth-order valence-electron chi connectivity index (χ4n) is 11.0. The molecule has 6 fully saturated rings. The quantitative estimate of drug-likeness (QED) is 0.0413. The van der Waals surface area contributed by atoms with Gasteiger partial charge in [-0.3, -0.25) is 0 Å². The Labute approximate surface area is 443 Å². The minimum absolute atomic E-state index is 0. The van der Waals surface area contributed by atoms with Crippen molar-refractivity contribution in [2.24, 2.45) is 22.7 Å². The average Bonchev–Trinajstić information content (AvgIpc) is 4.17. The molecule has 0 aromatic carbocycles. The van der Waals surface area contributed by atoms with Crippen molar-refractivity contribution in [2.45, 2.75) is 247 Å². The molecule has 2 bridgehead atoms. The van der Waals surface area contributed by atoms with Crippen molar-refractivity contribution >= 4 is 8.53 Å². The van der Waals surface area contributed by atoms with Crippen LogP contribution in [0.5, 0.6) is 0 Å². The number of nitrogens with zero attached hydrogens (tertiary/aromatic N) is 3. The molecular formula is C54H106Fe2N3O4PW. The molecule has 6 rings (SSSR count). The van der Waals surface area contributed by atoms with Crippen LogP contribution in [-0.2, 0) is 73.7 Å². The maximum atomic E-state index is 8.52. The molecule has 6 aliphatic carbocycles. The fourth-order valence-corrected chi connectivity index (χ4v) is 12.6. The largest absolute Gasteiger partial charge is 2.00 e. The van der Waals surface area contributed by atoms with E-state index in [-0.39, 0.29) is 55.2 Å². The first-order valence-electron chi connectivity index (χ1n) is 26.9. The molecule has 0 aliphatic heterocycles. The topological polar surface area (TPSA) is 67.2 Å². The molecule has 6 saturated carbocycles. The second kappa shape index (κ2) is 46.5. The molecule has 0 amide bonds. The van der Waals surface area contributed by atoms with Gasteiger partial charge in [-0.15, -0.1) is 6.54 Å². The molecule has 11 heteroatoms. The number of ether oxygens (including phenoxy) is 2. The van der Waals surface area contributed by atoms with Crippen molar-refractivity contribution in [1.82, 2.24) is 9.57 Å². The first-order valence-corrected chi connectivity index (χ1v) is 28.1. The zero-order valence-electron chi connectivity index (χ0n) is 43.9. The van der Waals surface area contributed by atoms with E-state index in [1.54, 1.807) is 25.7 Å². The van der Waals surface area contributed by atoms with Gasteiger partial charge >= 0.3 is 21.1 Å². The Morgan fingerprint density at radius 3 is 1.52 bits per heavy atom. The Kier molecular flexibility index (Phi) is 50.5. The third kappa shape index (κ3) is 32.2. The van der Waals surface area contributed by atoms with E-state index < -0.39 is 8.53 Å². The number of hydrogen-bond acceptors (Lipinski definition) is 7. The van der Waals surface area contributed by atoms with E-state index >= 15 is 0 Å². The summed E-state index contributed by atoms with van der Waals surface area (Å²) >= 11 is 0. The van der Waals surface area contributed by atoms with Gasteiger partial charge in [-0.25, -0.2) is 4.67 Å². The molecular weight excluding hydrogens is 1080 g/mol. The summed E-state index contributed by atoms with van der Waals surface area (Å²) in [5.41, 5.74) is 1.61. The predicted molar refractivity (Wildman–Crippen MR) is 269 cm³/mol. The van der Waals surface area contributed by atoms with Crippen molar-refractivity contribution in [1.29, 1.82) is 5.26 Å². The van der Waals surface area contributed by atoms with Crippen LogP contribution in [0.15, 0.2) is 0 Å². The summed E-state index contributed by atoms with van der Waals surface area (Å²) in [7, 11) is -1.08. The van der Waals surface area contributed by atoms with Gasteiger partial charge in [0.25, 0.3) is 8.53 Å². The maximum Gasteiger partial charge on any atom is 2.00 e. The van der Waals surface area contributed by atoms with Crippen LogP contribution in [0.2, 0.25) is 0 Å². The number of rotatable bonds is 24. The van der Waals surface area contributed by atoms with E-state index in [0.29, 0.717) is 31.7 Å². The van der Waals surface area contributed by atoms with Crippen LogP contribution in [0.1, 0.15) is 235 Å². The van der Waals surface area contributed by atoms with Gasteiger partial charge in [-0.2, -0.15) is 11.7 Å². The molecule has 1 spiro atoms. The molecule has 65 heavy (non-hydrogen) atoms. The molecule has 0 radical (unpaired) electrons. The predicted octanol–water partition coefficient (Wildman–Crippen LogP) is 16.1. The Morgan fingerprint density at radius 1 is 0.631 bits per heavy atom. The Morgan fingerprint density at radius 2 is 1.11 bits per heavy atom. The zero-order valence-corrected chi connectivity index (χ0v) is 50.0. The minimum Gasteiger partial charge on any atom is -0.380 e. The van der Waals surface area contributed by atoms with Crippen LogP contribution in [0.4, 0.5) is 0 Å². The van der Waals surface area contributed by atoms with Gasteiger partial charge in [0.15, 0.2) is 0 Å². The number of fused-ring (bicyclic) bond motifs is 2. The standard InChI is InChI=1S/C24H44NO2.C12H24N2O2P.C9H16.C5H10.2C2H6.2Fe.W/c1-2-25(15-19-26-17-5-9-22-7-3-4-8-22)16-20-27-18-6-12-24-13-10-23(21-24)11-14-24;1-6-9-15-17(16-10-7-8-13)14(11(2)3)12(4)5;1-2-6-9(5-1)7-3-4-8-9;1-2-4-5-3-1;2*1-2;;;/h22-23H,1-21H2;11-12H,1,6-7,9-10H2,2-5H3;1-8H2;1-5H2;2*1-2H3;;;/q2*-1;;;;;;;+2. The van der Waals surface area contributed by atoms with Gasteiger partial charge in [0.1, 0.15) is 0 Å². The van der Waals surface area contributed by atoms with Crippen molar-refractivity contribution in [3.8, 4) is 6.07 Å². The van der Waals surface area contributed by atoms with E-state index in [1.807, 2.05) is 27.7 Å². The third-order valence-electron chi connectivity index (χ3n) is 14.3. The van der Waals surface area contributed by atoms with Crippen LogP contribution in [-0.4, -0.2) is 80.9 Å². The van der Waals surface area contributed by atoms with E-state index in [9.17, 15) is 0 Å². The monoisotopic (exact) mass is 1190 g/mol. The minimum atomic E-state index is -1.08. The van der Waals surface area contributed by atoms with E-state index in [4.69, 9.17) is 23.8 Å². The zero-order chi connectivity index (χ0) is 45.7. The fraction of sp³-hybridized carbons (Fsp3) is 0.944. The Hall–Kier alpha value is 1.41. The van der Waals surface area contributed by atoms with Crippen LogP contribution in [0.3, 0.4) is 0 Å². The smallest absolute Gasteiger partial charge is 0.380 e. The van der Waals surface area contributed by atoms with Crippen molar-refractivity contribution in [2.75, 3.05) is 59.3 Å². The van der Waals surface area contributed by atoms with E-state index in [1.165, 1.54) is 141 Å². The summed E-state index contributed by atoms with van der Waals surface area (Å²) < 4.78 is 25.4. The first kappa shape index (κ1) is 70.7. The van der Waals surface area contributed by atoms with E-state index in [2.05, 4.69) is 57.2 Å². The molecule has 0 heterocycles. The van der Waals surface area contributed by atoms with Gasteiger partial charge in [-0.1, -0.05) is 111 Å². The second-order valence-electron chi connectivity index (χ2n) is 19.5. The summed E-state index contributed by atoms with van der Waals surface area (Å²) in [6.45, 7) is 31.7. The van der Waals surface area contributed by atoms with Gasteiger partial charge < -0.3 is 37.3 Å². The van der Waals surface area contributed by atoms with Crippen LogP contribution in [0.25, 0.3) is 0 Å². The molecule has 6 aliphatic rings. The average molecular weight is 1190 g/mol. The molecule has 1 atom stereocenters. The molecule has 0 aromatic rings. The van der Waals surface area contributed by atoms with Gasteiger partial charge in [0, 0.05) is 79.1 Å². The van der Waals surface area contributed by atoms with Crippen LogP contribution < -0.4 is 0 Å². The normalized spacial score (nSPS) is 21.6. The van der Waals surface area contributed by atoms with Crippen LogP contribution in [0, 0.1) is 47.8 Å². The molecule has 1 unspecified atom stereocenters. The van der Waals surface area contributed by atoms with Gasteiger partial charge in [-0.05, 0) is 134 Å². The SMILES string of the molecule is C1CCC2(C1)CCCC2.C1CCCC1.CC.CC.[CH2-]CCOP(OCCC#N)N(C(C)C)C(C)C.[CH2-]CN(CCOCCCC1CCCC1)CCOCCCC12CCC(CC1)C2.[Fe].[Fe].[W+2]. The summed E-state index contributed by atoms with van der Waals surface area (Å²) in [6, 6.07) is 2.78. The molecule has 0 saturated heterocycles. The summed E-state index contributed by atoms with van der Waals surface area (Å²) in [5, 5.41) is 8.52. The van der Waals surface area contributed by atoms with Crippen molar-refractivity contribution in [3.05, 3.63) is 13.8 Å². The Bertz CT molecular complexity index is 997. The van der Waals surface area contributed by atoms with Crippen molar-refractivity contribution in [3.63, 3.8) is 0 Å². The van der Waals surface area contributed by atoms with Gasteiger partial charge in [0.2, 0.25) is 0 Å². The first-order chi connectivity index (χ1) is 30.2. The summed E-state index contributed by atoms with van der Waals surface area (Å²) in [4.78, 5) is 2.36. The summed E-state index contributed by atoms with van der Waals surface area (Å²) in [6.07, 6.45) is 39.6. The molecule has 0 N–H and O–H groups in total. The van der Waals surface area contributed by atoms with E-state index in [0.717, 1.165) is 75.1 Å². The van der Waals surface area contributed by atoms with Crippen molar-refractivity contribution < 1.29 is 73.7 Å². The number of nitriles is 1. The molecule has 0 aromatic heterocycles.